The van der Waals surface area contributed by atoms with Crippen molar-refractivity contribution in [3.63, 3.8) is 0 Å². The van der Waals surface area contributed by atoms with Crippen molar-refractivity contribution in [3.8, 4) is 0 Å². The van der Waals surface area contributed by atoms with Crippen LogP contribution in [0.3, 0.4) is 0 Å². The van der Waals surface area contributed by atoms with E-state index >= 15 is 0 Å². The van der Waals surface area contributed by atoms with E-state index in [1.54, 1.807) is 18.7 Å². The van der Waals surface area contributed by atoms with Gasteiger partial charge in [0.2, 0.25) is 5.91 Å². The average Bonchev–Trinajstić information content (AvgIpc) is 2.77. The first-order valence-electron chi connectivity index (χ1n) is 7.30. The zero-order valence-electron chi connectivity index (χ0n) is 11.8. The third-order valence-corrected chi connectivity index (χ3v) is 4.29. The molecule has 4 atom stereocenters. The molecule has 1 saturated carbocycles. The first-order chi connectivity index (χ1) is 9.06. The predicted molar refractivity (Wildman–Crippen MR) is 71.3 cm³/mol. The van der Waals surface area contributed by atoms with Crippen LogP contribution in [-0.4, -0.2) is 41.5 Å². The van der Waals surface area contributed by atoms with Gasteiger partial charge in [-0.25, -0.2) is 4.79 Å². The van der Waals surface area contributed by atoms with Crippen LogP contribution in [0.5, 0.6) is 0 Å². The number of nitrogens with zero attached hydrogens (tertiary/aromatic N) is 1. The summed E-state index contributed by atoms with van der Waals surface area (Å²) in [6.45, 7) is 3.82. The van der Waals surface area contributed by atoms with E-state index in [9.17, 15) is 9.59 Å². The molecule has 0 aromatic rings. The van der Waals surface area contributed by atoms with Crippen molar-refractivity contribution in [3.05, 3.63) is 0 Å². The minimum Gasteiger partial charge on any atom is -0.464 e. The molecule has 2 fully saturated rings. The van der Waals surface area contributed by atoms with Gasteiger partial charge in [0.15, 0.2) is 0 Å². The summed E-state index contributed by atoms with van der Waals surface area (Å²) in [4.78, 5) is 26.1. The van der Waals surface area contributed by atoms with Gasteiger partial charge in [0.25, 0.3) is 0 Å². The van der Waals surface area contributed by atoms with Crippen molar-refractivity contribution < 1.29 is 14.3 Å². The van der Waals surface area contributed by atoms with Crippen LogP contribution < -0.4 is 5.73 Å². The summed E-state index contributed by atoms with van der Waals surface area (Å²) in [5.74, 6) is 0.0456. The fraction of sp³-hybridized carbons (Fsp3) is 0.857. The summed E-state index contributed by atoms with van der Waals surface area (Å²) >= 11 is 0. The Labute approximate surface area is 114 Å². The molecule has 0 spiro atoms. The molecule has 1 aliphatic carbocycles. The average molecular weight is 268 g/mol. The first kappa shape index (κ1) is 14.3. The monoisotopic (exact) mass is 268 g/mol. The molecular formula is C14H24N2O3. The van der Waals surface area contributed by atoms with E-state index < -0.39 is 12.1 Å². The molecule has 5 nitrogen and oxygen atoms in total. The quantitative estimate of drug-likeness (QED) is 0.777. The summed E-state index contributed by atoms with van der Waals surface area (Å²) in [7, 11) is 0. The Morgan fingerprint density at radius 1 is 1.37 bits per heavy atom. The van der Waals surface area contributed by atoms with Crippen LogP contribution in [0.15, 0.2) is 0 Å². The molecule has 108 valence electrons. The second kappa shape index (κ2) is 5.90. The number of nitrogens with two attached hydrogens (primary N) is 1. The molecule has 1 heterocycles. The molecule has 1 saturated heterocycles. The van der Waals surface area contributed by atoms with Gasteiger partial charge in [-0.2, -0.15) is 0 Å². The Kier molecular flexibility index (Phi) is 4.45. The standard InChI is InChI=1S/C14H24N2O3/c1-3-19-14(18)12-8-10-6-4-5-7-11(10)16(12)13(17)9(2)15/h9-12H,3-8,15H2,1-2H3/t9-,10+,11+,12+/m0/s1. The van der Waals surface area contributed by atoms with Crippen LogP contribution in [0.25, 0.3) is 0 Å². The molecule has 0 aromatic heterocycles. The molecule has 0 radical (unpaired) electrons. The van der Waals surface area contributed by atoms with Gasteiger partial charge in [-0.1, -0.05) is 12.8 Å². The third kappa shape index (κ3) is 2.76. The number of ether oxygens (including phenoxy) is 1. The summed E-state index contributed by atoms with van der Waals surface area (Å²) in [6.07, 6.45) is 5.14. The number of amides is 1. The molecule has 0 bridgehead atoms. The van der Waals surface area contributed by atoms with E-state index in [1.165, 1.54) is 6.42 Å². The molecule has 0 unspecified atom stereocenters. The van der Waals surface area contributed by atoms with E-state index in [4.69, 9.17) is 10.5 Å². The van der Waals surface area contributed by atoms with Gasteiger partial charge in [-0.3, -0.25) is 4.79 Å². The number of fused-ring (bicyclic) bond motifs is 1. The zero-order chi connectivity index (χ0) is 14.0. The SMILES string of the molecule is CCOC(=O)[C@H]1C[C@H]2CCCC[C@H]2N1C(=O)[C@H](C)N. The van der Waals surface area contributed by atoms with E-state index in [0.717, 1.165) is 25.7 Å². The van der Waals surface area contributed by atoms with Crippen LogP contribution in [-0.2, 0) is 14.3 Å². The lowest BCUT2D eigenvalue weighted by Gasteiger charge is -2.34. The fourth-order valence-corrected chi connectivity index (χ4v) is 3.46. The molecule has 0 aromatic carbocycles. The molecule has 19 heavy (non-hydrogen) atoms. The molecule has 2 aliphatic rings. The number of rotatable bonds is 3. The van der Waals surface area contributed by atoms with Crippen LogP contribution >= 0.6 is 0 Å². The lowest BCUT2D eigenvalue weighted by atomic mass is 9.84. The van der Waals surface area contributed by atoms with E-state index in [-0.39, 0.29) is 17.9 Å². The summed E-state index contributed by atoms with van der Waals surface area (Å²) in [6, 6.07) is -0.800. The maximum absolute atomic E-state index is 12.3. The van der Waals surface area contributed by atoms with Crippen molar-refractivity contribution in [1.82, 2.24) is 4.90 Å². The van der Waals surface area contributed by atoms with Gasteiger partial charge < -0.3 is 15.4 Å². The highest BCUT2D eigenvalue weighted by Gasteiger charge is 2.48. The summed E-state index contributed by atoms with van der Waals surface area (Å²) in [5.41, 5.74) is 5.73. The lowest BCUT2D eigenvalue weighted by molar-refractivity contribution is -0.154. The van der Waals surface area contributed by atoms with Crippen LogP contribution in [0.2, 0.25) is 0 Å². The van der Waals surface area contributed by atoms with Gasteiger partial charge in [-0.05, 0) is 39.0 Å². The Hall–Kier alpha value is -1.10. The van der Waals surface area contributed by atoms with E-state index in [0.29, 0.717) is 12.5 Å². The van der Waals surface area contributed by atoms with Gasteiger partial charge >= 0.3 is 5.97 Å². The van der Waals surface area contributed by atoms with Gasteiger partial charge in [0.05, 0.1) is 12.6 Å². The Morgan fingerprint density at radius 3 is 2.68 bits per heavy atom. The summed E-state index contributed by atoms with van der Waals surface area (Å²) < 4.78 is 5.12. The third-order valence-electron chi connectivity index (χ3n) is 4.29. The highest BCUT2D eigenvalue weighted by Crippen LogP contribution is 2.40. The number of hydrogen-bond acceptors (Lipinski definition) is 4. The number of likely N-dealkylation sites (tertiary alicyclic amines) is 1. The topological polar surface area (TPSA) is 72.6 Å². The van der Waals surface area contributed by atoms with Crippen molar-refractivity contribution in [2.45, 2.75) is 64.1 Å². The Morgan fingerprint density at radius 2 is 2.05 bits per heavy atom. The summed E-state index contributed by atoms with van der Waals surface area (Å²) in [5, 5.41) is 0. The minimum absolute atomic E-state index is 0.118. The molecule has 5 heteroatoms. The van der Waals surface area contributed by atoms with Crippen molar-refractivity contribution >= 4 is 11.9 Å². The molecular weight excluding hydrogens is 244 g/mol. The fourth-order valence-electron chi connectivity index (χ4n) is 3.46. The maximum atomic E-state index is 12.3. The predicted octanol–water partition coefficient (Wildman–Crippen LogP) is 1.06. The van der Waals surface area contributed by atoms with Gasteiger partial charge in [0, 0.05) is 6.04 Å². The largest absolute Gasteiger partial charge is 0.464 e. The Bertz CT molecular complexity index is 357. The number of carbonyl (C=O) groups excluding carboxylic acids is 2. The van der Waals surface area contributed by atoms with Crippen molar-refractivity contribution in [2.75, 3.05) is 6.61 Å². The zero-order valence-corrected chi connectivity index (χ0v) is 11.8. The number of hydrogen-bond donors (Lipinski definition) is 1. The smallest absolute Gasteiger partial charge is 0.328 e. The van der Waals surface area contributed by atoms with Crippen LogP contribution in [0.1, 0.15) is 46.0 Å². The van der Waals surface area contributed by atoms with Crippen molar-refractivity contribution in [2.24, 2.45) is 11.7 Å². The minimum atomic E-state index is -0.558. The van der Waals surface area contributed by atoms with Gasteiger partial charge in [0.1, 0.15) is 6.04 Å². The number of esters is 1. The normalized spacial score (nSPS) is 31.7. The molecule has 2 N–H and O–H groups in total. The molecule has 1 amide bonds. The van der Waals surface area contributed by atoms with Crippen LogP contribution in [0, 0.1) is 5.92 Å². The lowest BCUT2D eigenvalue weighted by Crippen LogP contribution is -2.52. The highest BCUT2D eigenvalue weighted by molar-refractivity contribution is 5.88. The second-order valence-electron chi connectivity index (χ2n) is 5.65. The highest BCUT2D eigenvalue weighted by atomic mass is 16.5. The second-order valence-corrected chi connectivity index (χ2v) is 5.65. The van der Waals surface area contributed by atoms with Crippen LogP contribution in [0.4, 0.5) is 0 Å². The maximum Gasteiger partial charge on any atom is 0.328 e. The van der Waals surface area contributed by atoms with E-state index in [2.05, 4.69) is 0 Å². The Balaban J connectivity index is 2.20. The van der Waals surface area contributed by atoms with Crippen molar-refractivity contribution in [1.29, 1.82) is 0 Å². The molecule has 2 rings (SSSR count). The molecule has 1 aliphatic heterocycles. The number of carbonyl (C=O) groups is 2. The van der Waals surface area contributed by atoms with E-state index in [1.807, 2.05) is 0 Å². The first-order valence-corrected chi connectivity index (χ1v) is 7.30. The van der Waals surface area contributed by atoms with Gasteiger partial charge in [-0.15, -0.1) is 0 Å².